The van der Waals surface area contributed by atoms with Crippen LogP contribution >= 0.6 is 0 Å². The van der Waals surface area contributed by atoms with Crippen molar-refractivity contribution in [1.29, 1.82) is 0 Å². The monoisotopic (exact) mass is 239 g/mol. The fourth-order valence-corrected chi connectivity index (χ4v) is 1.26. The van der Waals surface area contributed by atoms with Crippen LogP contribution in [0.5, 0.6) is 0 Å². The van der Waals surface area contributed by atoms with Gasteiger partial charge in [0.05, 0.1) is 13.2 Å². The molecule has 0 N–H and O–H groups in total. The van der Waals surface area contributed by atoms with Gasteiger partial charge in [0.2, 0.25) is 0 Å². The number of hydrogen-bond acceptors (Lipinski definition) is 5. The average Bonchev–Trinajstić information content (AvgIpc) is 2.29. The van der Waals surface area contributed by atoms with Gasteiger partial charge in [-0.2, -0.15) is 4.73 Å². The summed E-state index contributed by atoms with van der Waals surface area (Å²) in [6, 6.07) is 2.71. The van der Waals surface area contributed by atoms with Crippen LogP contribution in [0.3, 0.4) is 0 Å². The molecule has 1 aromatic rings. The molecule has 0 saturated heterocycles. The zero-order valence-corrected chi connectivity index (χ0v) is 9.63. The molecule has 6 heteroatoms. The van der Waals surface area contributed by atoms with Crippen molar-refractivity contribution in [3.63, 3.8) is 0 Å². The molecule has 0 aliphatic carbocycles. The number of hydrogen-bond donors (Lipinski definition) is 0. The van der Waals surface area contributed by atoms with E-state index in [9.17, 15) is 14.8 Å². The molecule has 6 nitrogen and oxygen atoms in total. The summed E-state index contributed by atoms with van der Waals surface area (Å²) in [5.41, 5.74) is -0.449. The van der Waals surface area contributed by atoms with Gasteiger partial charge in [0.1, 0.15) is 5.56 Å². The minimum atomic E-state index is -0.842. The van der Waals surface area contributed by atoms with Gasteiger partial charge in [-0.15, -0.1) is 0 Å². The first-order valence-electron chi connectivity index (χ1n) is 5.18. The molecule has 92 valence electrons. The van der Waals surface area contributed by atoms with E-state index in [0.717, 1.165) is 6.20 Å². The summed E-state index contributed by atoms with van der Waals surface area (Å²) < 4.78 is 9.76. The molecule has 0 unspecified atom stereocenters. The van der Waals surface area contributed by atoms with Gasteiger partial charge >= 0.3 is 17.6 Å². The number of nitrogens with zero attached hydrogens (tertiary/aromatic N) is 1. The summed E-state index contributed by atoms with van der Waals surface area (Å²) in [6.07, 6.45) is 1.12. The van der Waals surface area contributed by atoms with Crippen LogP contribution < -0.4 is 4.73 Å². The SMILES string of the molecule is CCOC(=O)c1ccc[n+]([O-])c1C(=O)OCC. The van der Waals surface area contributed by atoms with Gasteiger partial charge in [-0.05, 0) is 19.9 Å². The zero-order chi connectivity index (χ0) is 12.8. The second-order valence-corrected chi connectivity index (χ2v) is 3.04. The summed E-state index contributed by atoms with van der Waals surface area (Å²) in [5.74, 6) is -1.56. The molecule has 0 fully saturated rings. The highest BCUT2D eigenvalue weighted by Gasteiger charge is 2.27. The van der Waals surface area contributed by atoms with Crippen molar-refractivity contribution >= 4 is 11.9 Å². The van der Waals surface area contributed by atoms with Crippen LogP contribution in [-0.2, 0) is 9.47 Å². The van der Waals surface area contributed by atoms with Crippen LogP contribution in [0.2, 0.25) is 0 Å². The van der Waals surface area contributed by atoms with Crippen molar-refractivity contribution in [2.24, 2.45) is 0 Å². The predicted molar refractivity (Wildman–Crippen MR) is 57.3 cm³/mol. The Morgan fingerprint density at radius 1 is 1.24 bits per heavy atom. The average molecular weight is 239 g/mol. The third-order valence-corrected chi connectivity index (χ3v) is 1.92. The van der Waals surface area contributed by atoms with E-state index in [0.29, 0.717) is 4.73 Å². The van der Waals surface area contributed by atoms with E-state index in [1.54, 1.807) is 13.8 Å². The lowest BCUT2D eigenvalue weighted by molar-refractivity contribution is -0.608. The largest absolute Gasteiger partial charge is 0.618 e. The van der Waals surface area contributed by atoms with E-state index in [1.807, 2.05) is 0 Å². The number of ether oxygens (including phenoxy) is 2. The highest BCUT2D eigenvalue weighted by molar-refractivity contribution is 6.00. The molecule has 1 aromatic heterocycles. The molecule has 0 amide bonds. The summed E-state index contributed by atoms with van der Waals surface area (Å²) in [5, 5.41) is 11.5. The third-order valence-electron chi connectivity index (χ3n) is 1.92. The molecule has 0 aliphatic rings. The molecule has 0 atom stereocenters. The molecule has 1 heterocycles. The Bertz CT molecular complexity index is 430. The molecule has 17 heavy (non-hydrogen) atoms. The molecule has 0 spiro atoms. The normalized spacial score (nSPS) is 9.76. The van der Waals surface area contributed by atoms with Gasteiger partial charge in [-0.25, -0.2) is 9.59 Å². The maximum atomic E-state index is 11.5. The second-order valence-electron chi connectivity index (χ2n) is 3.04. The predicted octanol–water partition coefficient (Wildman–Crippen LogP) is 0.673. The van der Waals surface area contributed by atoms with Gasteiger partial charge in [0.15, 0.2) is 6.20 Å². The molecule has 0 saturated carbocycles. The second kappa shape index (κ2) is 5.83. The molecule has 0 bridgehead atoms. The van der Waals surface area contributed by atoms with E-state index in [4.69, 9.17) is 9.47 Å². The maximum absolute atomic E-state index is 11.5. The Kier molecular flexibility index (Phi) is 4.45. The van der Waals surface area contributed by atoms with Crippen LogP contribution in [0.4, 0.5) is 0 Å². The van der Waals surface area contributed by atoms with Gasteiger partial charge in [0.25, 0.3) is 0 Å². The van der Waals surface area contributed by atoms with Crippen LogP contribution in [-0.4, -0.2) is 25.2 Å². The standard InChI is InChI=1S/C11H13NO5/c1-3-16-10(13)8-6-5-7-12(15)9(8)11(14)17-4-2/h5-7H,3-4H2,1-2H3. The fourth-order valence-electron chi connectivity index (χ4n) is 1.26. The minimum absolute atomic E-state index is 0.0946. The Morgan fingerprint density at radius 3 is 2.41 bits per heavy atom. The van der Waals surface area contributed by atoms with Crippen molar-refractivity contribution in [1.82, 2.24) is 0 Å². The minimum Gasteiger partial charge on any atom is -0.618 e. The Hall–Kier alpha value is -2.11. The molecule has 0 aliphatic heterocycles. The number of aromatic nitrogens is 1. The maximum Gasteiger partial charge on any atom is 0.405 e. The summed E-state index contributed by atoms with van der Waals surface area (Å²) in [6.45, 7) is 3.53. The number of pyridine rings is 1. The van der Waals surface area contributed by atoms with E-state index < -0.39 is 11.9 Å². The lowest BCUT2D eigenvalue weighted by Gasteiger charge is -2.07. The van der Waals surface area contributed by atoms with Gasteiger partial charge < -0.3 is 14.7 Å². The first kappa shape index (κ1) is 13.0. The first-order chi connectivity index (χ1) is 8.11. The number of esters is 2. The van der Waals surface area contributed by atoms with Crippen molar-refractivity contribution in [3.05, 3.63) is 34.8 Å². The van der Waals surface area contributed by atoms with E-state index >= 15 is 0 Å². The molecular weight excluding hydrogens is 226 g/mol. The molecule has 0 aromatic carbocycles. The van der Waals surface area contributed by atoms with Crippen LogP contribution in [0.1, 0.15) is 34.7 Å². The highest BCUT2D eigenvalue weighted by Crippen LogP contribution is 2.07. The van der Waals surface area contributed by atoms with Crippen molar-refractivity contribution in [3.8, 4) is 0 Å². The third kappa shape index (κ3) is 2.93. The molecule has 0 radical (unpaired) electrons. The zero-order valence-electron chi connectivity index (χ0n) is 9.63. The molecule has 1 rings (SSSR count). The number of carbonyl (C=O) groups is 2. The Morgan fingerprint density at radius 2 is 1.82 bits per heavy atom. The van der Waals surface area contributed by atoms with Crippen LogP contribution in [0.25, 0.3) is 0 Å². The smallest absolute Gasteiger partial charge is 0.405 e. The van der Waals surface area contributed by atoms with Crippen LogP contribution in [0, 0.1) is 5.21 Å². The van der Waals surface area contributed by atoms with E-state index in [2.05, 4.69) is 0 Å². The van der Waals surface area contributed by atoms with Crippen molar-refractivity contribution in [2.75, 3.05) is 13.2 Å². The summed E-state index contributed by atoms with van der Waals surface area (Å²) in [4.78, 5) is 23.1. The topological polar surface area (TPSA) is 79.5 Å². The highest BCUT2D eigenvalue weighted by atomic mass is 16.5. The van der Waals surface area contributed by atoms with E-state index in [-0.39, 0.29) is 24.5 Å². The lowest BCUT2D eigenvalue weighted by atomic mass is 10.2. The Balaban J connectivity index is 3.17. The van der Waals surface area contributed by atoms with Crippen molar-refractivity contribution in [2.45, 2.75) is 13.8 Å². The first-order valence-corrected chi connectivity index (χ1v) is 5.18. The number of carbonyl (C=O) groups excluding carboxylic acids is 2. The number of rotatable bonds is 4. The van der Waals surface area contributed by atoms with Gasteiger partial charge in [0, 0.05) is 6.07 Å². The summed E-state index contributed by atoms with van der Waals surface area (Å²) in [7, 11) is 0. The fraction of sp³-hybridized carbons (Fsp3) is 0.364. The van der Waals surface area contributed by atoms with Gasteiger partial charge in [-0.1, -0.05) is 0 Å². The summed E-state index contributed by atoms with van der Waals surface area (Å²) >= 11 is 0. The van der Waals surface area contributed by atoms with Gasteiger partial charge in [-0.3, -0.25) is 0 Å². The molecular formula is C11H13NO5. The lowest BCUT2D eigenvalue weighted by Crippen LogP contribution is -2.37. The van der Waals surface area contributed by atoms with Crippen LogP contribution in [0.15, 0.2) is 18.3 Å². The Labute approximate surface area is 98.3 Å². The van der Waals surface area contributed by atoms with E-state index in [1.165, 1.54) is 12.1 Å². The quantitative estimate of drug-likeness (QED) is 0.438. The van der Waals surface area contributed by atoms with Crippen molar-refractivity contribution < 1.29 is 23.8 Å².